The Labute approximate surface area is 129 Å². The van der Waals surface area contributed by atoms with Crippen LogP contribution in [-0.2, 0) is 16.0 Å². The molecule has 0 fully saturated rings. The lowest BCUT2D eigenvalue weighted by molar-refractivity contribution is -0.146. The number of fused-ring (bicyclic) bond motifs is 1. The number of carboxylic acids is 1. The molecular formula is C17H21NO4. The molecule has 1 aromatic carbocycles. The van der Waals surface area contributed by atoms with Crippen LogP contribution in [0.4, 0.5) is 0 Å². The van der Waals surface area contributed by atoms with Crippen LogP contribution in [0.15, 0.2) is 22.8 Å². The molecule has 2 rings (SSSR count). The lowest BCUT2D eigenvalue weighted by Crippen LogP contribution is -2.39. The summed E-state index contributed by atoms with van der Waals surface area (Å²) in [6.07, 6.45) is 1.76. The molecule has 0 bridgehead atoms. The summed E-state index contributed by atoms with van der Waals surface area (Å²) in [5, 5.41) is 12.6. The van der Waals surface area contributed by atoms with Crippen LogP contribution in [0.5, 0.6) is 0 Å². The maximum Gasteiger partial charge on any atom is 0.310 e. The third-order valence-corrected chi connectivity index (χ3v) is 3.93. The molecule has 22 heavy (non-hydrogen) atoms. The Morgan fingerprint density at radius 2 is 1.86 bits per heavy atom. The van der Waals surface area contributed by atoms with E-state index in [9.17, 15) is 9.59 Å². The van der Waals surface area contributed by atoms with E-state index in [0.29, 0.717) is 0 Å². The van der Waals surface area contributed by atoms with Crippen molar-refractivity contribution in [2.75, 3.05) is 6.54 Å². The molecule has 2 aromatic rings. The highest BCUT2D eigenvalue weighted by molar-refractivity contribution is 5.88. The van der Waals surface area contributed by atoms with Crippen LogP contribution in [-0.4, -0.2) is 23.5 Å². The van der Waals surface area contributed by atoms with Gasteiger partial charge in [0, 0.05) is 17.5 Å². The van der Waals surface area contributed by atoms with Crippen LogP contribution in [0.25, 0.3) is 11.0 Å². The molecule has 5 nitrogen and oxygen atoms in total. The van der Waals surface area contributed by atoms with E-state index in [1.807, 2.05) is 26.0 Å². The van der Waals surface area contributed by atoms with Crippen molar-refractivity contribution in [2.45, 2.75) is 34.1 Å². The number of aliphatic carboxylic acids is 1. The molecule has 1 amide bonds. The first-order valence-corrected chi connectivity index (χ1v) is 7.18. The van der Waals surface area contributed by atoms with Crippen LogP contribution in [0, 0.1) is 19.3 Å². The molecule has 0 spiro atoms. The van der Waals surface area contributed by atoms with Gasteiger partial charge in [0.1, 0.15) is 5.58 Å². The zero-order valence-corrected chi connectivity index (χ0v) is 13.3. The zero-order chi connectivity index (χ0) is 16.5. The second kappa shape index (κ2) is 5.83. The third-order valence-electron chi connectivity index (χ3n) is 3.93. The number of carboxylic acid groups (broad SMARTS) is 1. The van der Waals surface area contributed by atoms with Gasteiger partial charge in [-0.15, -0.1) is 0 Å². The van der Waals surface area contributed by atoms with E-state index in [4.69, 9.17) is 9.52 Å². The first-order valence-electron chi connectivity index (χ1n) is 7.18. The predicted octanol–water partition coefficient (Wildman–Crippen LogP) is 2.82. The maximum absolute atomic E-state index is 12.0. The van der Waals surface area contributed by atoms with Gasteiger partial charge < -0.3 is 14.8 Å². The summed E-state index contributed by atoms with van der Waals surface area (Å²) in [6, 6.07) is 3.97. The molecule has 0 aliphatic carbocycles. The maximum atomic E-state index is 12.0. The summed E-state index contributed by atoms with van der Waals surface area (Å²) >= 11 is 0. The minimum absolute atomic E-state index is 0.0923. The van der Waals surface area contributed by atoms with Crippen molar-refractivity contribution in [3.8, 4) is 0 Å². The fourth-order valence-corrected chi connectivity index (χ4v) is 2.10. The average Bonchev–Trinajstić information content (AvgIpc) is 2.79. The van der Waals surface area contributed by atoms with Crippen molar-refractivity contribution in [1.29, 1.82) is 0 Å². The van der Waals surface area contributed by atoms with Gasteiger partial charge in [0.15, 0.2) is 0 Å². The van der Waals surface area contributed by atoms with Crippen LogP contribution < -0.4 is 5.32 Å². The number of rotatable bonds is 5. The Bertz CT molecular complexity index is 728. The Morgan fingerprint density at radius 1 is 1.23 bits per heavy atom. The average molecular weight is 303 g/mol. The second-order valence-corrected chi connectivity index (χ2v) is 6.34. The van der Waals surface area contributed by atoms with Gasteiger partial charge in [-0.1, -0.05) is 0 Å². The summed E-state index contributed by atoms with van der Waals surface area (Å²) in [6.45, 7) is 7.28. The van der Waals surface area contributed by atoms with E-state index < -0.39 is 11.4 Å². The fourth-order valence-electron chi connectivity index (χ4n) is 2.10. The summed E-state index contributed by atoms with van der Waals surface area (Å²) < 4.78 is 5.50. The molecule has 1 heterocycles. The number of amides is 1. The summed E-state index contributed by atoms with van der Waals surface area (Å²) in [7, 11) is 0. The number of hydrogen-bond donors (Lipinski definition) is 2. The predicted molar refractivity (Wildman–Crippen MR) is 83.8 cm³/mol. The van der Waals surface area contributed by atoms with Gasteiger partial charge in [-0.2, -0.15) is 0 Å². The minimum Gasteiger partial charge on any atom is -0.481 e. The van der Waals surface area contributed by atoms with Gasteiger partial charge in [-0.05, 0) is 51.0 Å². The molecule has 0 saturated carbocycles. The molecule has 2 N–H and O–H groups in total. The molecule has 0 unspecified atom stereocenters. The number of nitrogens with one attached hydrogen (secondary N) is 1. The van der Waals surface area contributed by atoms with Crippen molar-refractivity contribution in [2.24, 2.45) is 5.41 Å². The first kappa shape index (κ1) is 16.1. The van der Waals surface area contributed by atoms with Crippen molar-refractivity contribution in [1.82, 2.24) is 5.32 Å². The highest BCUT2D eigenvalue weighted by Gasteiger charge is 2.27. The molecule has 1 aromatic heterocycles. The SMILES string of the molecule is Cc1cc2occ(CC(=O)NCC(C)(C)C(=O)O)c2cc1C. The topological polar surface area (TPSA) is 79.5 Å². The summed E-state index contributed by atoms with van der Waals surface area (Å²) in [5.41, 5.74) is 2.87. The normalized spacial score (nSPS) is 11.6. The lowest BCUT2D eigenvalue weighted by atomic mass is 9.94. The summed E-state index contributed by atoms with van der Waals surface area (Å²) in [4.78, 5) is 23.1. The van der Waals surface area contributed by atoms with E-state index in [-0.39, 0.29) is 18.9 Å². The lowest BCUT2D eigenvalue weighted by Gasteiger charge is -2.19. The number of carbonyl (C=O) groups is 2. The highest BCUT2D eigenvalue weighted by Crippen LogP contribution is 2.25. The van der Waals surface area contributed by atoms with Gasteiger partial charge >= 0.3 is 5.97 Å². The Balaban J connectivity index is 2.09. The molecular weight excluding hydrogens is 282 g/mol. The molecule has 0 radical (unpaired) electrons. The Kier molecular flexibility index (Phi) is 4.26. The quantitative estimate of drug-likeness (QED) is 0.890. The van der Waals surface area contributed by atoms with Crippen molar-refractivity contribution in [3.63, 3.8) is 0 Å². The van der Waals surface area contributed by atoms with Crippen LogP contribution in [0.3, 0.4) is 0 Å². The molecule has 0 aliphatic rings. The number of benzene rings is 1. The number of carbonyl (C=O) groups excluding carboxylic acids is 1. The molecule has 0 saturated heterocycles. The molecule has 0 aliphatic heterocycles. The van der Waals surface area contributed by atoms with E-state index in [2.05, 4.69) is 5.32 Å². The van der Waals surface area contributed by atoms with Crippen LogP contribution in [0.1, 0.15) is 30.5 Å². The van der Waals surface area contributed by atoms with Crippen molar-refractivity contribution >= 4 is 22.8 Å². The Hall–Kier alpha value is -2.30. The third kappa shape index (κ3) is 3.30. The molecule has 5 heteroatoms. The number of aryl methyl sites for hydroxylation is 2. The van der Waals surface area contributed by atoms with Gasteiger partial charge in [0.25, 0.3) is 0 Å². The van der Waals surface area contributed by atoms with Gasteiger partial charge in [-0.25, -0.2) is 0 Å². The smallest absolute Gasteiger partial charge is 0.310 e. The number of hydrogen-bond acceptors (Lipinski definition) is 3. The van der Waals surface area contributed by atoms with E-state index in [1.54, 1.807) is 20.1 Å². The monoisotopic (exact) mass is 303 g/mol. The summed E-state index contributed by atoms with van der Waals surface area (Å²) in [5.74, 6) is -1.15. The first-order chi connectivity index (χ1) is 10.2. The van der Waals surface area contributed by atoms with Gasteiger partial charge in [0.05, 0.1) is 18.1 Å². The van der Waals surface area contributed by atoms with Crippen molar-refractivity contribution in [3.05, 3.63) is 35.1 Å². The Morgan fingerprint density at radius 3 is 2.50 bits per heavy atom. The molecule has 118 valence electrons. The van der Waals surface area contributed by atoms with Crippen molar-refractivity contribution < 1.29 is 19.1 Å². The largest absolute Gasteiger partial charge is 0.481 e. The molecule has 0 atom stereocenters. The zero-order valence-electron chi connectivity index (χ0n) is 13.3. The highest BCUT2D eigenvalue weighted by atomic mass is 16.4. The van der Waals surface area contributed by atoms with E-state index in [1.165, 1.54) is 0 Å². The van der Waals surface area contributed by atoms with E-state index >= 15 is 0 Å². The minimum atomic E-state index is -0.984. The standard InChI is InChI=1S/C17H21NO4/c1-10-5-13-12(8-22-14(13)6-11(10)2)7-15(19)18-9-17(3,4)16(20)21/h5-6,8H,7,9H2,1-4H3,(H,18,19)(H,20,21). The second-order valence-electron chi connectivity index (χ2n) is 6.34. The van der Waals surface area contributed by atoms with Gasteiger partial charge in [0.2, 0.25) is 5.91 Å². The van der Waals surface area contributed by atoms with E-state index in [0.717, 1.165) is 27.7 Å². The van der Waals surface area contributed by atoms with Crippen LogP contribution >= 0.6 is 0 Å². The fraction of sp³-hybridized carbons (Fsp3) is 0.412. The van der Waals surface area contributed by atoms with Crippen LogP contribution in [0.2, 0.25) is 0 Å². The number of furan rings is 1. The van der Waals surface area contributed by atoms with Gasteiger partial charge in [-0.3, -0.25) is 9.59 Å².